The van der Waals surface area contributed by atoms with Crippen LogP contribution in [0.15, 0.2) is 18.2 Å². The number of hydrogen-bond acceptors (Lipinski definition) is 3. The third kappa shape index (κ3) is 2.70. The molecule has 1 aromatic carbocycles. The highest BCUT2D eigenvalue weighted by Gasteiger charge is 2.49. The van der Waals surface area contributed by atoms with Gasteiger partial charge in [0.25, 0.3) is 5.91 Å². The number of ether oxygens (including phenoxy) is 1. The standard InChI is InChI=1S/C17H23ClN2O2/c1-12(2)19-7-6-17(9-19)10-20(11-17)16(21)14-8-13(22-3)4-5-15(14)18/h4-5,8,12H,6-7,9-11H2,1-3H3. The first kappa shape index (κ1) is 15.6. The summed E-state index contributed by atoms with van der Waals surface area (Å²) in [6.07, 6.45) is 1.18. The van der Waals surface area contributed by atoms with Crippen LogP contribution in [0.2, 0.25) is 5.02 Å². The zero-order valence-electron chi connectivity index (χ0n) is 13.4. The Balaban J connectivity index is 1.67. The lowest BCUT2D eigenvalue weighted by molar-refractivity contribution is 0.00934. The number of rotatable bonds is 3. The quantitative estimate of drug-likeness (QED) is 0.858. The molecular formula is C17H23ClN2O2. The molecule has 4 nitrogen and oxygen atoms in total. The molecule has 0 unspecified atom stereocenters. The first-order valence-corrected chi connectivity index (χ1v) is 8.19. The van der Waals surface area contributed by atoms with Gasteiger partial charge < -0.3 is 14.5 Å². The number of hydrogen-bond donors (Lipinski definition) is 0. The molecule has 0 radical (unpaired) electrons. The number of benzene rings is 1. The van der Waals surface area contributed by atoms with Gasteiger partial charge in [-0.2, -0.15) is 0 Å². The third-order valence-corrected chi connectivity index (χ3v) is 5.27. The fourth-order valence-corrected chi connectivity index (χ4v) is 3.74. The van der Waals surface area contributed by atoms with E-state index in [0.717, 1.165) is 26.2 Å². The molecule has 5 heteroatoms. The van der Waals surface area contributed by atoms with Crippen molar-refractivity contribution in [1.29, 1.82) is 0 Å². The monoisotopic (exact) mass is 322 g/mol. The Bertz CT molecular complexity index is 582. The number of methoxy groups -OCH3 is 1. The number of carbonyl (C=O) groups excluding carboxylic acids is 1. The third-order valence-electron chi connectivity index (χ3n) is 4.94. The summed E-state index contributed by atoms with van der Waals surface area (Å²) in [6, 6.07) is 5.80. The summed E-state index contributed by atoms with van der Waals surface area (Å²) in [5.74, 6) is 0.673. The lowest BCUT2D eigenvalue weighted by Crippen LogP contribution is -2.59. The van der Waals surface area contributed by atoms with Crippen molar-refractivity contribution in [2.75, 3.05) is 33.3 Å². The smallest absolute Gasteiger partial charge is 0.255 e. The van der Waals surface area contributed by atoms with Crippen molar-refractivity contribution in [3.8, 4) is 5.75 Å². The van der Waals surface area contributed by atoms with Gasteiger partial charge in [-0.1, -0.05) is 11.6 Å². The highest BCUT2D eigenvalue weighted by Crippen LogP contribution is 2.41. The maximum atomic E-state index is 12.6. The average molecular weight is 323 g/mol. The molecule has 0 atom stereocenters. The van der Waals surface area contributed by atoms with Gasteiger partial charge in [-0.3, -0.25) is 4.79 Å². The van der Waals surface area contributed by atoms with E-state index < -0.39 is 0 Å². The molecule has 0 aromatic heterocycles. The molecule has 3 rings (SSSR count). The normalized spacial score (nSPS) is 20.5. The van der Waals surface area contributed by atoms with Crippen LogP contribution in [0.5, 0.6) is 5.75 Å². The highest BCUT2D eigenvalue weighted by atomic mass is 35.5. The van der Waals surface area contributed by atoms with Crippen LogP contribution < -0.4 is 4.74 Å². The lowest BCUT2D eigenvalue weighted by atomic mass is 9.78. The van der Waals surface area contributed by atoms with Crippen LogP contribution in [-0.4, -0.2) is 55.0 Å². The second-order valence-corrected chi connectivity index (χ2v) is 7.23. The summed E-state index contributed by atoms with van der Waals surface area (Å²) < 4.78 is 5.19. The molecule has 22 heavy (non-hydrogen) atoms. The van der Waals surface area contributed by atoms with E-state index in [1.54, 1.807) is 25.3 Å². The Hall–Kier alpha value is -1.26. The van der Waals surface area contributed by atoms with E-state index in [0.29, 0.717) is 27.8 Å². The van der Waals surface area contributed by atoms with Gasteiger partial charge in [-0.05, 0) is 45.0 Å². The van der Waals surface area contributed by atoms with Gasteiger partial charge in [0.15, 0.2) is 0 Å². The molecule has 2 heterocycles. The maximum absolute atomic E-state index is 12.6. The van der Waals surface area contributed by atoms with Gasteiger partial charge in [0.1, 0.15) is 5.75 Å². The van der Waals surface area contributed by atoms with Gasteiger partial charge in [0.05, 0.1) is 17.7 Å². The predicted octanol–water partition coefficient (Wildman–Crippen LogP) is 2.90. The molecule has 2 aliphatic rings. The Morgan fingerprint density at radius 1 is 1.32 bits per heavy atom. The van der Waals surface area contributed by atoms with E-state index in [2.05, 4.69) is 18.7 Å². The van der Waals surface area contributed by atoms with Crippen LogP contribution >= 0.6 is 11.6 Å². The SMILES string of the molecule is COc1ccc(Cl)c(C(=O)N2CC3(CCN(C(C)C)C3)C2)c1. The molecular weight excluding hydrogens is 300 g/mol. The van der Waals surface area contributed by atoms with Gasteiger partial charge >= 0.3 is 0 Å². The lowest BCUT2D eigenvalue weighted by Gasteiger charge is -2.48. The first-order valence-electron chi connectivity index (χ1n) is 7.81. The molecule has 2 aliphatic heterocycles. The Morgan fingerprint density at radius 3 is 2.64 bits per heavy atom. The number of carbonyl (C=O) groups is 1. The van der Waals surface area contributed by atoms with Crippen molar-refractivity contribution in [3.63, 3.8) is 0 Å². The Kier molecular flexibility index (Phi) is 4.08. The summed E-state index contributed by atoms with van der Waals surface area (Å²) in [4.78, 5) is 17.1. The second kappa shape index (κ2) is 5.74. The predicted molar refractivity (Wildman–Crippen MR) is 87.7 cm³/mol. The molecule has 2 saturated heterocycles. The van der Waals surface area contributed by atoms with E-state index in [-0.39, 0.29) is 5.91 Å². The van der Waals surface area contributed by atoms with Crippen molar-refractivity contribution in [2.45, 2.75) is 26.3 Å². The van der Waals surface area contributed by atoms with E-state index in [9.17, 15) is 4.79 Å². The Labute approximate surface area is 137 Å². The molecule has 1 aromatic rings. The minimum Gasteiger partial charge on any atom is -0.497 e. The molecule has 2 fully saturated rings. The van der Waals surface area contributed by atoms with Crippen LogP contribution in [0.4, 0.5) is 0 Å². The van der Waals surface area contributed by atoms with Crippen molar-refractivity contribution in [2.24, 2.45) is 5.41 Å². The Morgan fingerprint density at radius 2 is 2.05 bits per heavy atom. The van der Waals surface area contributed by atoms with Crippen LogP contribution in [0.25, 0.3) is 0 Å². The van der Waals surface area contributed by atoms with Crippen molar-refractivity contribution >= 4 is 17.5 Å². The minimum absolute atomic E-state index is 0.0116. The minimum atomic E-state index is 0.0116. The van der Waals surface area contributed by atoms with E-state index in [1.165, 1.54) is 6.42 Å². The zero-order valence-corrected chi connectivity index (χ0v) is 14.2. The summed E-state index contributed by atoms with van der Waals surface area (Å²) in [6.45, 7) is 8.37. The zero-order chi connectivity index (χ0) is 15.9. The fourth-order valence-electron chi connectivity index (χ4n) is 3.54. The largest absolute Gasteiger partial charge is 0.497 e. The highest BCUT2D eigenvalue weighted by molar-refractivity contribution is 6.33. The number of nitrogens with zero attached hydrogens (tertiary/aromatic N) is 2. The van der Waals surface area contributed by atoms with Crippen molar-refractivity contribution < 1.29 is 9.53 Å². The summed E-state index contributed by atoms with van der Waals surface area (Å²) in [5.41, 5.74) is 0.834. The molecule has 0 aliphatic carbocycles. The van der Waals surface area contributed by atoms with Crippen LogP contribution in [0.3, 0.4) is 0 Å². The molecule has 120 valence electrons. The van der Waals surface area contributed by atoms with Crippen LogP contribution in [-0.2, 0) is 0 Å². The van der Waals surface area contributed by atoms with Crippen LogP contribution in [0.1, 0.15) is 30.6 Å². The maximum Gasteiger partial charge on any atom is 0.255 e. The second-order valence-electron chi connectivity index (χ2n) is 6.82. The molecule has 1 spiro atoms. The van der Waals surface area contributed by atoms with Gasteiger partial charge in [0.2, 0.25) is 0 Å². The van der Waals surface area contributed by atoms with Gasteiger partial charge in [0, 0.05) is 31.1 Å². The topological polar surface area (TPSA) is 32.8 Å². The average Bonchev–Trinajstić information content (AvgIpc) is 2.91. The van der Waals surface area contributed by atoms with Gasteiger partial charge in [-0.15, -0.1) is 0 Å². The molecule has 1 amide bonds. The van der Waals surface area contributed by atoms with Crippen molar-refractivity contribution in [3.05, 3.63) is 28.8 Å². The molecule has 0 bridgehead atoms. The number of amides is 1. The number of likely N-dealkylation sites (tertiary alicyclic amines) is 2. The summed E-state index contributed by atoms with van der Waals surface area (Å²) in [5, 5.41) is 0.488. The van der Waals surface area contributed by atoms with E-state index in [1.807, 2.05) is 4.90 Å². The molecule has 0 saturated carbocycles. The number of halogens is 1. The first-order chi connectivity index (χ1) is 10.4. The van der Waals surface area contributed by atoms with E-state index >= 15 is 0 Å². The van der Waals surface area contributed by atoms with Crippen molar-refractivity contribution in [1.82, 2.24) is 9.80 Å². The molecule has 0 N–H and O–H groups in total. The van der Waals surface area contributed by atoms with E-state index in [4.69, 9.17) is 16.3 Å². The van der Waals surface area contributed by atoms with Gasteiger partial charge in [-0.25, -0.2) is 0 Å². The summed E-state index contributed by atoms with van der Waals surface area (Å²) >= 11 is 6.18. The van der Waals surface area contributed by atoms with Crippen LogP contribution in [0, 0.1) is 5.41 Å². The summed E-state index contributed by atoms with van der Waals surface area (Å²) in [7, 11) is 1.59. The fraction of sp³-hybridized carbons (Fsp3) is 0.588.